The molecule has 1 atom stereocenters. The fourth-order valence-corrected chi connectivity index (χ4v) is 2.88. The summed E-state index contributed by atoms with van der Waals surface area (Å²) >= 11 is 3.26. The lowest BCUT2D eigenvalue weighted by molar-refractivity contribution is 0.0694. The molecule has 1 rings (SSSR count). The van der Waals surface area contributed by atoms with Gasteiger partial charge in [-0.2, -0.15) is 11.8 Å². The Kier molecular flexibility index (Phi) is 6.43. The molecule has 0 amide bonds. The molecule has 100 valence electrons. The lowest BCUT2D eigenvalue weighted by Crippen LogP contribution is -2.18. The van der Waals surface area contributed by atoms with Crippen molar-refractivity contribution < 1.29 is 9.90 Å². The second-order valence-electron chi connectivity index (χ2n) is 4.01. The van der Waals surface area contributed by atoms with Crippen LogP contribution in [-0.2, 0) is 0 Å². The Hall–Kier alpha value is -0.810. The maximum Gasteiger partial charge on any atom is 0.338 e. The molecule has 1 aromatic carbocycles. The molecule has 18 heavy (non-hydrogen) atoms. The van der Waals surface area contributed by atoms with Crippen LogP contribution in [0.4, 0.5) is 5.69 Å². The molecule has 0 heterocycles. The van der Waals surface area contributed by atoms with Gasteiger partial charge < -0.3 is 10.4 Å². The average molecular weight is 285 g/mol. The van der Waals surface area contributed by atoms with Crippen LogP contribution < -0.4 is 5.32 Å². The number of benzene rings is 1. The van der Waals surface area contributed by atoms with Crippen LogP contribution >= 0.6 is 23.5 Å². The lowest BCUT2D eigenvalue weighted by atomic mass is 10.1. The second kappa shape index (κ2) is 7.59. The molecule has 2 N–H and O–H groups in total. The summed E-state index contributed by atoms with van der Waals surface area (Å²) in [6, 6.07) is 5.83. The minimum absolute atomic E-state index is 0.271. The standard InChI is InChI=1S/C13H19NO2S2/c1-9(7-8-17-2)14-10-5-4-6-11(18-3)12(10)13(15)16/h4-6,9,14H,7-8H2,1-3H3,(H,15,16). The summed E-state index contributed by atoms with van der Waals surface area (Å²) in [4.78, 5) is 12.1. The smallest absolute Gasteiger partial charge is 0.338 e. The van der Waals surface area contributed by atoms with Gasteiger partial charge in [0, 0.05) is 10.9 Å². The van der Waals surface area contributed by atoms with Crippen LogP contribution in [-0.4, -0.2) is 35.4 Å². The van der Waals surface area contributed by atoms with Crippen LogP contribution in [0.2, 0.25) is 0 Å². The van der Waals surface area contributed by atoms with Gasteiger partial charge in [-0.1, -0.05) is 6.07 Å². The first-order chi connectivity index (χ1) is 8.60. The zero-order valence-corrected chi connectivity index (χ0v) is 12.5. The second-order valence-corrected chi connectivity index (χ2v) is 5.85. The van der Waals surface area contributed by atoms with Gasteiger partial charge in [0.15, 0.2) is 0 Å². The number of hydrogen-bond donors (Lipinski definition) is 2. The predicted octanol–water partition coefficient (Wildman–Crippen LogP) is 3.66. The van der Waals surface area contributed by atoms with Crippen molar-refractivity contribution in [1.82, 2.24) is 0 Å². The molecular formula is C13H19NO2S2. The van der Waals surface area contributed by atoms with Gasteiger partial charge in [0.05, 0.1) is 11.3 Å². The Morgan fingerprint density at radius 1 is 1.44 bits per heavy atom. The van der Waals surface area contributed by atoms with E-state index < -0.39 is 5.97 Å². The number of carboxylic acids is 1. The highest BCUT2D eigenvalue weighted by Gasteiger charge is 2.16. The van der Waals surface area contributed by atoms with Crippen LogP contribution in [0.5, 0.6) is 0 Å². The largest absolute Gasteiger partial charge is 0.478 e. The van der Waals surface area contributed by atoms with E-state index in [0.29, 0.717) is 11.3 Å². The molecule has 0 fully saturated rings. The summed E-state index contributed by atoms with van der Waals surface area (Å²) < 4.78 is 0. The number of carboxylic acid groups (broad SMARTS) is 1. The number of thioether (sulfide) groups is 2. The fraction of sp³-hybridized carbons (Fsp3) is 0.462. The van der Waals surface area contributed by atoms with Crippen molar-refractivity contribution >= 4 is 35.2 Å². The number of rotatable bonds is 7. The Morgan fingerprint density at radius 2 is 2.17 bits per heavy atom. The molecule has 0 aliphatic heterocycles. The number of hydrogen-bond acceptors (Lipinski definition) is 4. The molecule has 0 saturated heterocycles. The Labute approximate surface area is 117 Å². The minimum Gasteiger partial charge on any atom is -0.478 e. The molecule has 0 spiro atoms. The van der Waals surface area contributed by atoms with E-state index in [1.807, 2.05) is 24.5 Å². The monoisotopic (exact) mass is 285 g/mol. The first-order valence-electron chi connectivity index (χ1n) is 5.76. The van der Waals surface area contributed by atoms with Crippen molar-refractivity contribution in [3.8, 4) is 0 Å². The third-order valence-electron chi connectivity index (χ3n) is 2.62. The fourth-order valence-electron chi connectivity index (χ4n) is 1.67. The average Bonchev–Trinajstić information content (AvgIpc) is 2.35. The third kappa shape index (κ3) is 4.14. The molecule has 0 aliphatic rings. The van der Waals surface area contributed by atoms with Crippen molar-refractivity contribution in [2.24, 2.45) is 0 Å². The number of carbonyl (C=O) groups is 1. The predicted molar refractivity (Wildman–Crippen MR) is 81.3 cm³/mol. The molecular weight excluding hydrogens is 266 g/mol. The SMILES string of the molecule is CSCCC(C)Nc1cccc(SC)c1C(=O)O. The van der Waals surface area contributed by atoms with E-state index in [0.717, 1.165) is 17.1 Å². The van der Waals surface area contributed by atoms with Crippen LogP contribution in [0.1, 0.15) is 23.7 Å². The summed E-state index contributed by atoms with van der Waals surface area (Å²) in [5.41, 5.74) is 1.09. The first kappa shape index (κ1) is 15.2. The highest BCUT2D eigenvalue weighted by molar-refractivity contribution is 7.98. The number of nitrogens with one attached hydrogen (secondary N) is 1. The van der Waals surface area contributed by atoms with Crippen molar-refractivity contribution in [1.29, 1.82) is 0 Å². The molecule has 0 aliphatic carbocycles. The van der Waals surface area contributed by atoms with Gasteiger partial charge in [-0.25, -0.2) is 4.79 Å². The van der Waals surface area contributed by atoms with Gasteiger partial charge in [0.25, 0.3) is 0 Å². The Morgan fingerprint density at radius 3 is 2.72 bits per heavy atom. The Bertz CT molecular complexity index is 410. The minimum atomic E-state index is -0.875. The molecule has 1 unspecified atom stereocenters. The first-order valence-corrected chi connectivity index (χ1v) is 8.37. The lowest BCUT2D eigenvalue weighted by Gasteiger charge is -2.17. The quantitative estimate of drug-likeness (QED) is 0.749. The van der Waals surface area contributed by atoms with Crippen LogP contribution in [0, 0.1) is 0 Å². The van der Waals surface area contributed by atoms with Gasteiger partial charge in [-0.15, -0.1) is 11.8 Å². The summed E-state index contributed by atoms with van der Waals surface area (Å²) in [5.74, 6) is 0.193. The van der Waals surface area contributed by atoms with Crippen molar-refractivity contribution in [2.75, 3.05) is 23.6 Å². The third-order valence-corrected chi connectivity index (χ3v) is 4.04. The Balaban J connectivity index is 2.90. The van der Waals surface area contributed by atoms with Gasteiger partial charge in [-0.3, -0.25) is 0 Å². The van der Waals surface area contributed by atoms with Crippen molar-refractivity contribution in [3.63, 3.8) is 0 Å². The summed E-state index contributed by atoms with van der Waals surface area (Å²) in [6.07, 6.45) is 4.98. The van der Waals surface area contributed by atoms with E-state index in [1.165, 1.54) is 11.8 Å². The molecule has 0 saturated carbocycles. The molecule has 0 aromatic heterocycles. The van der Waals surface area contributed by atoms with E-state index in [9.17, 15) is 9.90 Å². The van der Waals surface area contributed by atoms with Crippen LogP contribution in [0.3, 0.4) is 0 Å². The topological polar surface area (TPSA) is 49.3 Å². The normalized spacial score (nSPS) is 12.2. The highest BCUT2D eigenvalue weighted by atomic mass is 32.2. The molecule has 0 radical (unpaired) electrons. The number of aromatic carboxylic acids is 1. The van der Waals surface area contributed by atoms with Crippen LogP contribution in [0.15, 0.2) is 23.1 Å². The number of anilines is 1. The van der Waals surface area contributed by atoms with Crippen molar-refractivity contribution in [2.45, 2.75) is 24.3 Å². The van der Waals surface area contributed by atoms with E-state index in [-0.39, 0.29) is 6.04 Å². The highest BCUT2D eigenvalue weighted by Crippen LogP contribution is 2.27. The zero-order chi connectivity index (χ0) is 13.5. The van der Waals surface area contributed by atoms with Crippen LogP contribution in [0.25, 0.3) is 0 Å². The molecule has 3 nitrogen and oxygen atoms in total. The van der Waals surface area contributed by atoms with Gasteiger partial charge in [0.2, 0.25) is 0 Å². The van der Waals surface area contributed by atoms with Crippen molar-refractivity contribution in [3.05, 3.63) is 23.8 Å². The van der Waals surface area contributed by atoms with Gasteiger partial charge >= 0.3 is 5.97 Å². The van der Waals surface area contributed by atoms with Gasteiger partial charge in [-0.05, 0) is 43.7 Å². The summed E-state index contributed by atoms with van der Waals surface area (Å²) in [7, 11) is 0. The van der Waals surface area contributed by atoms with E-state index in [2.05, 4.69) is 18.5 Å². The van der Waals surface area contributed by atoms with E-state index in [1.54, 1.807) is 11.8 Å². The van der Waals surface area contributed by atoms with Gasteiger partial charge in [0.1, 0.15) is 0 Å². The van der Waals surface area contributed by atoms with E-state index in [4.69, 9.17) is 0 Å². The van der Waals surface area contributed by atoms with E-state index >= 15 is 0 Å². The summed E-state index contributed by atoms with van der Waals surface area (Å²) in [6.45, 7) is 2.08. The maximum absolute atomic E-state index is 11.3. The molecule has 0 bridgehead atoms. The zero-order valence-electron chi connectivity index (χ0n) is 10.9. The molecule has 1 aromatic rings. The maximum atomic E-state index is 11.3. The summed E-state index contributed by atoms with van der Waals surface area (Å²) in [5, 5.41) is 12.6. The molecule has 5 heteroatoms.